The van der Waals surface area contributed by atoms with E-state index in [1.807, 2.05) is 0 Å². The minimum absolute atomic E-state index is 0.0123. The molecule has 126 valence electrons. The monoisotopic (exact) mass is 344 g/mol. The fourth-order valence-electron chi connectivity index (χ4n) is 2.35. The van der Waals surface area contributed by atoms with Crippen LogP contribution in [0.2, 0.25) is 0 Å². The van der Waals surface area contributed by atoms with Crippen LogP contribution >= 0.6 is 0 Å². The highest BCUT2D eigenvalue weighted by molar-refractivity contribution is 5.98. The van der Waals surface area contributed by atoms with E-state index in [4.69, 9.17) is 4.43 Å². The molecule has 0 aliphatic heterocycles. The fraction of sp³-hybridized carbons (Fsp3) is 0.571. The second-order valence-electron chi connectivity index (χ2n) is 5.19. The van der Waals surface area contributed by atoms with E-state index in [0.29, 0.717) is 23.3 Å². The van der Waals surface area contributed by atoms with Gasteiger partial charge >= 0.3 is 12.4 Å². The molecule has 0 amide bonds. The molecule has 0 aliphatic rings. The van der Waals surface area contributed by atoms with Crippen molar-refractivity contribution >= 4 is 10.5 Å². The van der Waals surface area contributed by atoms with Crippen LogP contribution in [0.1, 0.15) is 43.4 Å². The molecule has 8 heteroatoms. The van der Waals surface area contributed by atoms with E-state index in [9.17, 15) is 26.3 Å². The van der Waals surface area contributed by atoms with Crippen LogP contribution < -0.4 is 0 Å². The van der Waals surface area contributed by atoms with Crippen molar-refractivity contribution in [2.75, 3.05) is 0 Å². The van der Waals surface area contributed by atoms with Crippen LogP contribution in [0.4, 0.5) is 26.3 Å². The summed E-state index contributed by atoms with van der Waals surface area (Å²) in [5, 5.41) is 0. The standard InChI is InChI=1S/C14H18F6OSi/c1-3-12(4-2,21-22)8-9-5-10(13(15,16)17)7-11(6-9)14(18,19)20/h5-7H,3-4,8H2,1-2,22H3. The van der Waals surface area contributed by atoms with E-state index < -0.39 is 29.1 Å². The van der Waals surface area contributed by atoms with Gasteiger partial charge in [-0.3, -0.25) is 0 Å². The number of benzene rings is 1. The van der Waals surface area contributed by atoms with Crippen LogP contribution in [-0.4, -0.2) is 16.1 Å². The Morgan fingerprint density at radius 1 is 0.864 bits per heavy atom. The third-order valence-corrected chi connectivity index (χ3v) is 4.76. The zero-order valence-electron chi connectivity index (χ0n) is 12.5. The summed E-state index contributed by atoms with van der Waals surface area (Å²) < 4.78 is 82.4. The van der Waals surface area contributed by atoms with Crippen LogP contribution in [0, 0.1) is 0 Å². The first-order valence-corrected chi connectivity index (χ1v) is 7.62. The maximum Gasteiger partial charge on any atom is 0.416 e. The summed E-state index contributed by atoms with van der Waals surface area (Å²) in [6, 6.07) is 1.69. The summed E-state index contributed by atoms with van der Waals surface area (Å²) in [5.74, 6) is 0. The van der Waals surface area contributed by atoms with Gasteiger partial charge in [-0.1, -0.05) is 13.8 Å². The maximum absolute atomic E-state index is 12.8. The highest BCUT2D eigenvalue weighted by Crippen LogP contribution is 2.37. The van der Waals surface area contributed by atoms with E-state index in [-0.39, 0.29) is 18.1 Å². The summed E-state index contributed by atoms with van der Waals surface area (Å²) in [5.41, 5.74) is -3.29. The van der Waals surface area contributed by atoms with Crippen molar-refractivity contribution in [3.05, 3.63) is 34.9 Å². The Balaban J connectivity index is 3.36. The van der Waals surface area contributed by atoms with Gasteiger partial charge in [-0.25, -0.2) is 0 Å². The summed E-state index contributed by atoms with van der Waals surface area (Å²) >= 11 is 0. The predicted octanol–water partition coefficient (Wildman–Crippen LogP) is 4.12. The van der Waals surface area contributed by atoms with Gasteiger partial charge in [0.25, 0.3) is 0 Å². The van der Waals surface area contributed by atoms with Crippen LogP contribution in [0.3, 0.4) is 0 Å². The first-order valence-electron chi connectivity index (χ1n) is 6.81. The number of hydrogen-bond donors (Lipinski definition) is 0. The summed E-state index contributed by atoms with van der Waals surface area (Å²) in [6.45, 7) is 3.61. The second-order valence-corrected chi connectivity index (χ2v) is 5.59. The summed E-state index contributed by atoms with van der Waals surface area (Å²) in [4.78, 5) is 0. The molecule has 1 aromatic rings. The Morgan fingerprint density at radius 2 is 1.27 bits per heavy atom. The molecule has 0 aromatic heterocycles. The molecule has 0 saturated heterocycles. The van der Waals surface area contributed by atoms with Crippen molar-refractivity contribution in [2.45, 2.75) is 51.1 Å². The molecule has 1 rings (SSSR count). The highest BCUT2D eigenvalue weighted by atomic mass is 28.2. The minimum Gasteiger partial charge on any atom is -0.422 e. The van der Waals surface area contributed by atoms with Crippen molar-refractivity contribution in [3.8, 4) is 0 Å². The lowest BCUT2D eigenvalue weighted by atomic mass is 9.88. The third kappa shape index (κ3) is 4.49. The van der Waals surface area contributed by atoms with Gasteiger partial charge in [0.05, 0.1) is 16.7 Å². The predicted molar refractivity (Wildman–Crippen MR) is 74.5 cm³/mol. The van der Waals surface area contributed by atoms with Crippen molar-refractivity contribution in [2.24, 2.45) is 0 Å². The molecule has 1 aromatic carbocycles. The summed E-state index contributed by atoms with van der Waals surface area (Å²) in [6.07, 6.45) is -8.58. The van der Waals surface area contributed by atoms with E-state index >= 15 is 0 Å². The lowest BCUT2D eigenvalue weighted by molar-refractivity contribution is -0.143. The minimum atomic E-state index is -4.82. The molecule has 0 saturated carbocycles. The van der Waals surface area contributed by atoms with Crippen molar-refractivity contribution in [1.82, 2.24) is 0 Å². The molecule has 0 aliphatic carbocycles. The zero-order chi connectivity index (χ0) is 17.2. The van der Waals surface area contributed by atoms with E-state index in [2.05, 4.69) is 0 Å². The molecule has 0 bridgehead atoms. The third-order valence-electron chi connectivity index (χ3n) is 3.90. The van der Waals surface area contributed by atoms with Gasteiger partial charge in [-0.15, -0.1) is 0 Å². The SMILES string of the molecule is CCC(CC)(Cc1cc(C(F)(F)F)cc(C(F)(F)F)c1)O[SiH3]. The van der Waals surface area contributed by atoms with Gasteiger partial charge in [0.1, 0.15) is 10.5 Å². The van der Waals surface area contributed by atoms with Crippen LogP contribution in [0.15, 0.2) is 18.2 Å². The first-order chi connectivity index (χ1) is 9.97. The molecule has 0 heterocycles. The summed E-state index contributed by atoms with van der Waals surface area (Å²) in [7, 11) is 0.360. The van der Waals surface area contributed by atoms with Gasteiger partial charge < -0.3 is 4.43 Å². The van der Waals surface area contributed by atoms with E-state index in [1.54, 1.807) is 13.8 Å². The fourth-order valence-corrected chi connectivity index (χ4v) is 3.08. The number of hydrogen-bond acceptors (Lipinski definition) is 1. The second kappa shape index (κ2) is 6.62. The van der Waals surface area contributed by atoms with Gasteiger partial charge in [0.15, 0.2) is 0 Å². The van der Waals surface area contributed by atoms with Crippen molar-refractivity contribution in [3.63, 3.8) is 0 Å². The van der Waals surface area contributed by atoms with Gasteiger partial charge in [-0.05, 0) is 36.6 Å². The van der Waals surface area contributed by atoms with Gasteiger partial charge in [-0.2, -0.15) is 26.3 Å². The van der Waals surface area contributed by atoms with Crippen molar-refractivity contribution < 1.29 is 30.8 Å². The molecule has 0 atom stereocenters. The molecule has 0 N–H and O–H groups in total. The molecular weight excluding hydrogens is 326 g/mol. The molecular formula is C14H18F6OSi. The Labute approximate surface area is 128 Å². The average Bonchev–Trinajstić information content (AvgIpc) is 2.43. The van der Waals surface area contributed by atoms with Gasteiger partial charge in [0.2, 0.25) is 0 Å². The van der Waals surface area contributed by atoms with Gasteiger partial charge in [0, 0.05) is 6.42 Å². The Morgan fingerprint density at radius 3 is 1.55 bits per heavy atom. The maximum atomic E-state index is 12.8. The lowest BCUT2D eigenvalue weighted by Gasteiger charge is -2.31. The topological polar surface area (TPSA) is 9.23 Å². The zero-order valence-corrected chi connectivity index (χ0v) is 14.5. The van der Waals surface area contributed by atoms with E-state index in [1.165, 1.54) is 0 Å². The largest absolute Gasteiger partial charge is 0.422 e. The molecule has 0 unspecified atom stereocenters. The molecule has 0 spiro atoms. The average molecular weight is 344 g/mol. The van der Waals surface area contributed by atoms with Crippen LogP contribution in [0.25, 0.3) is 0 Å². The quantitative estimate of drug-likeness (QED) is 0.577. The molecule has 22 heavy (non-hydrogen) atoms. The number of rotatable bonds is 5. The highest BCUT2D eigenvalue weighted by Gasteiger charge is 2.37. The normalized spacial score (nSPS) is 13.6. The molecule has 0 fully saturated rings. The van der Waals surface area contributed by atoms with Crippen LogP contribution in [-0.2, 0) is 23.2 Å². The van der Waals surface area contributed by atoms with Crippen molar-refractivity contribution in [1.29, 1.82) is 0 Å². The number of halogens is 6. The van der Waals surface area contributed by atoms with Crippen LogP contribution in [0.5, 0.6) is 0 Å². The molecule has 1 nitrogen and oxygen atoms in total. The Bertz CT molecular complexity index is 465. The van der Waals surface area contributed by atoms with E-state index in [0.717, 1.165) is 12.1 Å². The first kappa shape index (κ1) is 19.0. The lowest BCUT2D eigenvalue weighted by Crippen LogP contribution is -2.33. The Kier molecular flexibility index (Phi) is 5.72. The Hall–Kier alpha value is -1.02. The number of alkyl halides is 6. The molecule has 0 radical (unpaired) electrons. The smallest absolute Gasteiger partial charge is 0.416 e.